The molecule has 3 aromatic rings. The zero-order valence-corrected chi connectivity index (χ0v) is 14.1. The van der Waals surface area contributed by atoms with Crippen LogP contribution < -0.4 is 5.56 Å². The number of benzene rings is 1. The zero-order valence-electron chi connectivity index (χ0n) is 14.1. The zero-order chi connectivity index (χ0) is 19.0. The molecule has 0 bridgehead atoms. The van der Waals surface area contributed by atoms with E-state index >= 15 is 0 Å². The fourth-order valence-electron chi connectivity index (χ4n) is 2.82. The Morgan fingerprint density at radius 3 is 2.73 bits per heavy atom. The average molecular weight is 362 g/mol. The molecule has 9 heteroatoms. The second-order valence-electron chi connectivity index (χ2n) is 6.41. The van der Waals surface area contributed by atoms with Gasteiger partial charge in [0.05, 0.1) is 17.0 Å². The second kappa shape index (κ2) is 6.66. The average Bonchev–Trinajstić information content (AvgIpc) is 2.97. The Bertz CT molecular complexity index is 1060. The molecule has 2 heterocycles. The van der Waals surface area contributed by atoms with Gasteiger partial charge in [-0.2, -0.15) is 0 Å². The molecule has 26 heavy (non-hydrogen) atoms. The van der Waals surface area contributed by atoms with Crippen LogP contribution in [-0.4, -0.2) is 19.5 Å². The molecule has 2 aromatic heterocycles. The van der Waals surface area contributed by atoms with E-state index in [0.717, 1.165) is 16.7 Å². The van der Waals surface area contributed by atoms with Crippen LogP contribution in [0.15, 0.2) is 29.2 Å². The van der Waals surface area contributed by atoms with Gasteiger partial charge in [0.1, 0.15) is 17.2 Å². The smallest absolute Gasteiger partial charge is 0.334 e. The molecule has 3 rings (SSSR count). The summed E-state index contributed by atoms with van der Waals surface area (Å²) in [6, 6.07) is 3.28. The predicted molar refractivity (Wildman–Crippen MR) is 91.0 cm³/mol. The molecule has 0 fully saturated rings. The number of H-pyrrole nitrogens is 1. The number of hydrogen-bond acceptors (Lipinski definition) is 4. The van der Waals surface area contributed by atoms with Crippen molar-refractivity contribution in [2.24, 2.45) is 5.92 Å². The number of aromatic nitrogens is 3. The first kappa shape index (κ1) is 17.7. The minimum Gasteiger partial charge on any atom is -0.338 e. The molecule has 0 spiro atoms. The lowest BCUT2D eigenvalue weighted by molar-refractivity contribution is -0.386. The number of halogens is 2. The van der Waals surface area contributed by atoms with Gasteiger partial charge in [-0.05, 0) is 18.4 Å². The first-order valence-corrected chi connectivity index (χ1v) is 7.97. The van der Waals surface area contributed by atoms with Crippen molar-refractivity contribution >= 4 is 16.7 Å². The van der Waals surface area contributed by atoms with Gasteiger partial charge in [-0.3, -0.25) is 14.9 Å². The van der Waals surface area contributed by atoms with Gasteiger partial charge in [-0.1, -0.05) is 13.8 Å². The number of rotatable bonds is 5. The van der Waals surface area contributed by atoms with E-state index in [2.05, 4.69) is 9.97 Å². The van der Waals surface area contributed by atoms with Gasteiger partial charge >= 0.3 is 11.2 Å². The van der Waals surface area contributed by atoms with Crippen LogP contribution in [0.3, 0.4) is 0 Å². The molecule has 0 saturated heterocycles. The standard InChI is InChI=1S/C17H16F2N4O3/c1-9(2)6-10-11(18)7-12(19)16-15(10)20-14(21-16)8-22-5-3-4-13(17(22)24)23(25)26/h3-5,7,9H,6,8H2,1-2H3,(H,20,21). The Morgan fingerprint density at radius 1 is 1.35 bits per heavy atom. The Morgan fingerprint density at radius 2 is 2.08 bits per heavy atom. The number of pyridine rings is 1. The summed E-state index contributed by atoms with van der Waals surface area (Å²) < 4.78 is 29.3. The normalized spacial score (nSPS) is 11.4. The maximum Gasteiger partial charge on any atom is 0.334 e. The Kier molecular flexibility index (Phi) is 4.54. The number of aromatic amines is 1. The lowest BCUT2D eigenvalue weighted by atomic mass is 10.0. The van der Waals surface area contributed by atoms with Crippen LogP contribution in [0.5, 0.6) is 0 Å². The number of fused-ring (bicyclic) bond motifs is 1. The van der Waals surface area contributed by atoms with E-state index in [4.69, 9.17) is 0 Å². The molecule has 0 unspecified atom stereocenters. The number of nitrogens with one attached hydrogen (secondary N) is 1. The fraction of sp³-hybridized carbons (Fsp3) is 0.294. The first-order valence-electron chi connectivity index (χ1n) is 7.97. The summed E-state index contributed by atoms with van der Waals surface area (Å²) in [5, 5.41) is 10.9. The Hall–Kier alpha value is -3.10. The van der Waals surface area contributed by atoms with Crippen LogP contribution in [0.4, 0.5) is 14.5 Å². The predicted octanol–water partition coefficient (Wildman–Crippen LogP) is 3.16. The highest BCUT2D eigenvalue weighted by Crippen LogP contribution is 2.25. The summed E-state index contributed by atoms with van der Waals surface area (Å²) >= 11 is 0. The molecular weight excluding hydrogens is 346 g/mol. The first-order chi connectivity index (χ1) is 12.3. The second-order valence-corrected chi connectivity index (χ2v) is 6.41. The molecule has 1 aromatic carbocycles. The fourth-order valence-corrected chi connectivity index (χ4v) is 2.82. The number of imidazole rings is 1. The van der Waals surface area contributed by atoms with Gasteiger partial charge in [0, 0.05) is 23.9 Å². The van der Waals surface area contributed by atoms with E-state index in [1.165, 1.54) is 12.3 Å². The summed E-state index contributed by atoms with van der Waals surface area (Å²) in [6.07, 6.45) is 1.75. The number of hydrogen-bond donors (Lipinski definition) is 1. The van der Waals surface area contributed by atoms with Crippen LogP contribution in [0.2, 0.25) is 0 Å². The summed E-state index contributed by atoms with van der Waals surface area (Å²) in [7, 11) is 0. The van der Waals surface area contributed by atoms with Gasteiger partial charge < -0.3 is 9.55 Å². The van der Waals surface area contributed by atoms with Crippen LogP contribution in [0, 0.1) is 27.7 Å². The van der Waals surface area contributed by atoms with E-state index in [9.17, 15) is 23.7 Å². The van der Waals surface area contributed by atoms with Crippen molar-refractivity contribution in [3.05, 3.63) is 67.9 Å². The van der Waals surface area contributed by atoms with Crippen LogP contribution >= 0.6 is 0 Å². The molecule has 0 aliphatic rings. The SMILES string of the molecule is CC(C)Cc1c(F)cc(F)c2[nH]c(Cn3cccc([N+](=O)[O-])c3=O)nc12. The molecule has 0 amide bonds. The third kappa shape index (κ3) is 3.19. The van der Waals surface area contributed by atoms with Gasteiger partial charge in [0.15, 0.2) is 5.82 Å². The van der Waals surface area contributed by atoms with Crippen molar-refractivity contribution < 1.29 is 13.7 Å². The highest BCUT2D eigenvalue weighted by atomic mass is 19.1. The molecule has 0 aliphatic carbocycles. The van der Waals surface area contributed by atoms with Gasteiger partial charge in [-0.15, -0.1) is 0 Å². The van der Waals surface area contributed by atoms with E-state index < -0.39 is 27.8 Å². The molecule has 0 saturated carbocycles. The van der Waals surface area contributed by atoms with Crippen LogP contribution in [-0.2, 0) is 13.0 Å². The van der Waals surface area contributed by atoms with Crippen LogP contribution in [0.1, 0.15) is 25.2 Å². The minimum atomic E-state index is -0.799. The van der Waals surface area contributed by atoms with Crippen molar-refractivity contribution in [1.82, 2.24) is 14.5 Å². The topological polar surface area (TPSA) is 93.8 Å². The molecule has 1 N–H and O–H groups in total. The third-order valence-corrected chi connectivity index (χ3v) is 3.95. The highest BCUT2D eigenvalue weighted by Gasteiger charge is 2.19. The summed E-state index contributed by atoms with van der Waals surface area (Å²) in [4.78, 5) is 29.2. The monoisotopic (exact) mass is 362 g/mol. The van der Waals surface area contributed by atoms with Crippen LogP contribution in [0.25, 0.3) is 11.0 Å². The van der Waals surface area contributed by atoms with E-state index in [-0.39, 0.29) is 29.3 Å². The molecular formula is C17H16F2N4O3. The van der Waals surface area contributed by atoms with Crippen molar-refractivity contribution in [3.63, 3.8) is 0 Å². The molecule has 136 valence electrons. The van der Waals surface area contributed by atoms with E-state index in [1.54, 1.807) is 0 Å². The van der Waals surface area contributed by atoms with Crippen molar-refractivity contribution in [3.8, 4) is 0 Å². The summed E-state index contributed by atoms with van der Waals surface area (Å²) in [5.74, 6) is -1.11. The molecule has 0 aliphatic heterocycles. The maximum atomic E-state index is 14.2. The Balaban J connectivity index is 2.08. The van der Waals surface area contributed by atoms with Gasteiger partial charge in [0.25, 0.3) is 0 Å². The Labute approximate surface area is 146 Å². The van der Waals surface area contributed by atoms with Crippen molar-refractivity contribution in [2.75, 3.05) is 0 Å². The van der Waals surface area contributed by atoms with Crippen molar-refractivity contribution in [1.29, 1.82) is 0 Å². The van der Waals surface area contributed by atoms with E-state index in [1.807, 2.05) is 13.8 Å². The molecule has 0 radical (unpaired) electrons. The van der Waals surface area contributed by atoms with Gasteiger partial charge in [0.2, 0.25) is 0 Å². The minimum absolute atomic E-state index is 0.0514. The maximum absolute atomic E-state index is 14.2. The quantitative estimate of drug-likeness (QED) is 0.557. The largest absolute Gasteiger partial charge is 0.338 e. The molecule has 7 nitrogen and oxygen atoms in total. The summed E-state index contributed by atoms with van der Waals surface area (Å²) in [6.45, 7) is 3.69. The highest BCUT2D eigenvalue weighted by molar-refractivity contribution is 5.79. The number of nitro groups is 1. The number of nitrogens with zero attached hydrogens (tertiary/aromatic N) is 3. The third-order valence-electron chi connectivity index (χ3n) is 3.95. The van der Waals surface area contributed by atoms with Crippen molar-refractivity contribution in [2.45, 2.75) is 26.8 Å². The molecule has 0 atom stereocenters. The van der Waals surface area contributed by atoms with Gasteiger partial charge in [-0.25, -0.2) is 13.8 Å². The lowest BCUT2D eigenvalue weighted by Gasteiger charge is -2.07. The van der Waals surface area contributed by atoms with E-state index in [0.29, 0.717) is 12.0 Å². The summed E-state index contributed by atoms with van der Waals surface area (Å²) in [5.41, 5.74) is -0.848. The lowest BCUT2D eigenvalue weighted by Crippen LogP contribution is -2.22.